The Labute approximate surface area is 174 Å². The number of carbonyl (C=O) groups excluding carboxylic acids is 2. The number of rotatable bonds is 6. The average molecular weight is 433 g/mol. The van der Waals surface area contributed by atoms with Gasteiger partial charge in [0.25, 0.3) is 0 Å². The van der Waals surface area contributed by atoms with Crippen LogP contribution in [-0.4, -0.2) is 39.5 Å². The zero-order valence-electron chi connectivity index (χ0n) is 16.6. The number of fused-ring (bicyclic) bond motifs is 1. The number of benzene rings is 2. The fourth-order valence-electron chi connectivity index (χ4n) is 2.77. The Morgan fingerprint density at radius 2 is 1.57 bits per heavy atom. The van der Waals surface area contributed by atoms with Crippen molar-refractivity contribution in [2.24, 2.45) is 0 Å². The summed E-state index contributed by atoms with van der Waals surface area (Å²) in [6.07, 6.45) is 0.765. The molecule has 0 aromatic heterocycles. The van der Waals surface area contributed by atoms with Gasteiger partial charge >= 0.3 is 0 Å². The molecule has 1 heterocycles. The van der Waals surface area contributed by atoms with Gasteiger partial charge in [-0.05, 0) is 43.3 Å². The highest BCUT2D eigenvalue weighted by Gasteiger charge is 2.22. The van der Waals surface area contributed by atoms with E-state index in [4.69, 9.17) is 9.47 Å². The molecular weight excluding hydrogens is 410 g/mol. The zero-order chi connectivity index (χ0) is 21.7. The SMILES string of the molecule is CC(=O)Nc1ccc(S(=O)(=O)N[C@@H](C)C(=O)Nc2ccc3c(c2)OCCCO3)cc1. The third-order valence-corrected chi connectivity index (χ3v) is 5.78. The van der Waals surface area contributed by atoms with E-state index in [-0.39, 0.29) is 10.8 Å². The van der Waals surface area contributed by atoms with Gasteiger partial charge in [0.05, 0.1) is 24.2 Å². The molecule has 1 aliphatic rings. The quantitative estimate of drug-likeness (QED) is 0.641. The molecule has 3 rings (SSSR count). The Bertz CT molecular complexity index is 1040. The molecule has 0 bridgehead atoms. The molecule has 2 aromatic rings. The van der Waals surface area contributed by atoms with Crippen molar-refractivity contribution < 1.29 is 27.5 Å². The van der Waals surface area contributed by atoms with Crippen LogP contribution < -0.4 is 24.8 Å². The van der Waals surface area contributed by atoms with E-state index in [0.29, 0.717) is 36.1 Å². The van der Waals surface area contributed by atoms with Crippen LogP contribution in [-0.2, 0) is 19.6 Å². The summed E-state index contributed by atoms with van der Waals surface area (Å²) in [6.45, 7) is 3.88. The summed E-state index contributed by atoms with van der Waals surface area (Å²) < 4.78 is 38.6. The van der Waals surface area contributed by atoms with Crippen LogP contribution in [0.1, 0.15) is 20.3 Å². The van der Waals surface area contributed by atoms with Gasteiger partial charge in [0.1, 0.15) is 0 Å². The summed E-state index contributed by atoms with van der Waals surface area (Å²) in [7, 11) is -3.93. The molecule has 2 aromatic carbocycles. The molecule has 9 nitrogen and oxygen atoms in total. The number of nitrogens with one attached hydrogen (secondary N) is 3. The Morgan fingerprint density at radius 1 is 0.933 bits per heavy atom. The predicted molar refractivity (Wildman–Crippen MR) is 111 cm³/mol. The summed E-state index contributed by atoms with van der Waals surface area (Å²) in [5, 5.41) is 5.23. The number of hydrogen-bond acceptors (Lipinski definition) is 6. The summed E-state index contributed by atoms with van der Waals surface area (Å²) in [6, 6.07) is 9.61. The Hall–Kier alpha value is -3.11. The highest BCUT2D eigenvalue weighted by Crippen LogP contribution is 2.32. The van der Waals surface area contributed by atoms with Crippen molar-refractivity contribution in [2.45, 2.75) is 31.2 Å². The minimum absolute atomic E-state index is 0.0215. The number of hydrogen-bond donors (Lipinski definition) is 3. The maximum absolute atomic E-state index is 12.5. The van der Waals surface area contributed by atoms with Gasteiger partial charge in [0, 0.05) is 30.8 Å². The zero-order valence-corrected chi connectivity index (χ0v) is 17.4. The van der Waals surface area contributed by atoms with E-state index in [0.717, 1.165) is 6.42 Å². The van der Waals surface area contributed by atoms with Crippen molar-refractivity contribution in [3.8, 4) is 11.5 Å². The van der Waals surface area contributed by atoms with Gasteiger partial charge in [0.2, 0.25) is 21.8 Å². The Kier molecular flexibility index (Phi) is 6.58. The van der Waals surface area contributed by atoms with Crippen LogP contribution in [0.3, 0.4) is 0 Å². The molecule has 0 unspecified atom stereocenters. The third-order valence-electron chi connectivity index (χ3n) is 4.23. The first-order chi connectivity index (χ1) is 14.2. The molecule has 3 N–H and O–H groups in total. The lowest BCUT2D eigenvalue weighted by atomic mass is 10.2. The number of amides is 2. The largest absolute Gasteiger partial charge is 0.490 e. The maximum atomic E-state index is 12.5. The third kappa shape index (κ3) is 5.49. The highest BCUT2D eigenvalue weighted by atomic mass is 32.2. The number of ether oxygens (including phenoxy) is 2. The molecule has 0 saturated heterocycles. The van der Waals surface area contributed by atoms with E-state index < -0.39 is 22.0 Å². The second kappa shape index (κ2) is 9.14. The number of carbonyl (C=O) groups is 2. The molecule has 1 atom stereocenters. The standard InChI is InChI=1S/C20H23N3O6S/c1-13(23-30(26,27)17-7-4-15(5-8-17)21-14(2)24)20(25)22-16-6-9-18-19(12-16)29-11-3-10-28-18/h4-9,12-13,23H,3,10-11H2,1-2H3,(H,21,24)(H,22,25)/t13-/m0/s1. The molecule has 160 valence electrons. The number of sulfonamides is 1. The normalized spacial score (nSPS) is 14.3. The first kappa shape index (κ1) is 21.6. The van der Waals surface area contributed by atoms with E-state index in [1.165, 1.54) is 38.1 Å². The summed E-state index contributed by atoms with van der Waals surface area (Å²) in [5.41, 5.74) is 0.941. The van der Waals surface area contributed by atoms with Crippen LogP contribution in [0, 0.1) is 0 Å². The van der Waals surface area contributed by atoms with Crippen LogP contribution in [0.4, 0.5) is 11.4 Å². The van der Waals surface area contributed by atoms with Crippen LogP contribution in [0.25, 0.3) is 0 Å². The molecule has 0 saturated carbocycles. The monoisotopic (exact) mass is 433 g/mol. The van der Waals surface area contributed by atoms with Crippen molar-refractivity contribution in [3.05, 3.63) is 42.5 Å². The van der Waals surface area contributed by atoms with E-state index in [1.807, 2.05) is 0 Å². The lowest BCUT2D eigenvalue weighted by Crippen LogP contribution is -2.41. The van der Waals surface area contributed by atoms with Gasteiger partial charge in [-0.3, -0.25) is 9.59 Å². The number of anilines is 2. The summed E-state index contributed by atoms with van der Waals surface area (Å²) >= 11 is 0. The second-order valence-corrected chi connectivity index (χ2v) is 8.46. The van der Waals surface area contributed by atoms with Crippen LogP contribution in [0.2, 0.25) is 0 Å². The van der Waals surface area contributed by atoms with Gasteiger partial charge in [-0.2, -0.15) is 4.72 Å². The van der Waals surface area contributed by atoms with Crippen molar-refractivity contribution in [1.82, 2.24) is 4.72 Å². The fourth-order valence-corrected chi connectivity index (χ4v) is 3.97. The molecule has 30 heavy (non-hydrogen) atoms. The summed E-state index contributed by atoms with van der Waals surface area (Å²) in [4.78, 5) is 23.5. The topological polar surface area (TPSA) is 123 Å². The van der Waals surface area contributed by atoms with Crippen molar-refractivity contribution in [1.29, 1.82) is 0 Å². The minimum Gasteiger partial charge on any atom is -0.490 e. The van der Waals surface area contributed by atoms with Crippen LogP contribution >= 0.6 is 0 Å². The van der Waals surface area contributed by atoms with Gasteiger partial charge < -0.3 is 20.1 Å². The van der Waals surface area contributed by atoms with Crippen molar-refractivity contribution in [3.63, 3.8) is 0 Å². The Morgan fingerprint density at radius 3 is 2.23 bits per heavy atom. The maximum Gasteiger partial charge on any atom is 0.242 e. The van der Waals surface area contributed by atoms with Crippen molar-refractivity contribution in [2.75, 3.05) is 23.8 Å². The minimum atomic E-state index is -3.93. The molecule has 0 spiro atoms. The molecule has 10 heteroatoms. The smallest absolute Gasteiger partial charge is 0.242 e. The van der Waals surface area contributed by atoms with Crippen LogP contribution in [0.15, 0.2) is 47.4 Å². The van der Waals surface area contributed by atoms with E-state index in [9.17, 15) is 18.0 Å². The first-order valence-electron chi connectivity index (χ1n) is 9.35. The van der Waals surface area contributed by atoms with Crippen LogP contribution in [0.5, 0.6) is 11.5 Å². The lowest BCUT2D eigenvalue weighted by Gasteiger charge is -2.16. The van der Waals surface area contributed by atoms with E-state index in [2.05, 4.69) is 15.4 Å². The predicted octanol–water partition coefficient (Wildman–Crippen LogP) is 2.11. The average Bonchev–Trinajstić information content (AvgIpc) is 2.92. The molecule has 1 aliphatic heterocycles. The summed E-state index contributed by atoms with van der Waals surface area (Å²) in [5.74, 6) is 0.339. The van der Waals surface area contributed by atoms with Gasteiger partial charge in [0.15, 0.2) is 11.5 Å². The van der Waals surface area contributed by atoms with E-state index >= 15 is 0 Å². The second-order valence-electron chi connectivity index (χ2n) is 6.75. The highest BCUT2D eigenvalue weighted by molar-refractivity contribution is 7.89. The lowest BCUT2D eigenvalue weighted by molar-refractivity contribution is -0.117. The fraction of sp³-hybridized carbons (Fsp3) is 0.300. The van der Waals surface area contributed by atoms with Gasteiger partial charge in [-0.25, -0.2) is 8.42 Å². The molecule has 0 radical (unpaired) electrons. The molecule has 2 amide bonds. The van der Waals surface area contributed by atoms with Gasteiger partial charge in [-0.1, -0.05) is 0 Å². The molecular formula is C20H23N3O6S. The molecule has 0 aliphatic carbocycles. The molecule has 0 fully saturated rings. The van der Waals surface area contributed by atoms with Crippen molar-refractivity contribution >= 4 is 33.2 Å². The van der Waals surface area contributed by atoms with E-state index in [1.54, 1.807) is 18.2 Å². The Balaban J connectivity index is 1.64. The first-order valence-corrected chi connectivity index (χ1v) is 10.8. The van der Waals surface area contributed by atoms with Gasteiger partial charge in [-0.15, -0.1) is 0 Å².